The normalized spacial score (nSPS) is 18.9. The zero-order valence-electron chi connectivity index (χ0n) is 18.3. The molecule has 0 N–H and O–H groups in total. The number of ether oxygens (including phenoxy) is 1. The lowest BCUT2D eigenvalue weighted by Crippen LogP contribution is -2.37. The quantitative estimate of drug-likeness (QED) is 0.520. The van der Waals surface area contributed by atoms with Crippen molar-refractivity contribution in [3.63, 3.8) is 0 Å². The summed E-state index contributed by atoms with van der Waals surface area (Å²) in [6.07, 6.45) is 1.11. The number of halogens is 2. The number of aromatic nitrogens is 1. The van der Waals surface area contributed by atoms with Crippen LogP contribution in [-0.4, -0.2) is 32.9 Å². The molecule has 1 unspecified atom stereocenters. The molecule has 1 aliphatic heterocycles. The van der Waals surface area contributed by atoms with Gasteiger partial charge in [-0.05, 0) is 42.0 Å². The third-order valence-corrected chi connectivity index (χ3v) is 7.85. The highest BCUT2D eigenvalue weighted by atomic mass is 32.2. The maximum atomic E-state index is 13.5. The van der Waals surface area contributed by atoms with Crippen molar-refractivity contribution in [1.82, 2.24) is 4.98 Å². The highest BCUT2D eigenvalue weighted by Gasteiger charge is 2.59. The van der Waals surface area contributed by atoms with Gasteiger partial charge >= 0.3 is 10.2 Å². The second-order valence-corrected chi connectivity index (χ2v) is 10.2. The van der Waals surface area contributed by atoms with Crippen molar-refractivity contribution < 1.29 is 21.9 Å². The van der Waals surface area contributed by atoms with E-state index < -0.39 is 22.0 Å². The third-order valence-electron chi connectivity index (χ3n) is 6.05. The maximum absolute atomic E-state index is 13.5. The fraction of sp³-hybridized carbons (Fsp3) is 0.208. The first-order chi connectivity index (χ1) is 16.6. The molecular formula is C24H17F2N5O3S. The average molecular weight is 493 g/mol. The SMILES string of the molecule is CN1c2cc(-c3cc(Oc4ccnc(C#N)c4)ccc3C#N)ccc2N(CC2CC2(F)F)S1(=O)=O. The Morgan fingerprint density at radius 1 is 1.09 bits per heavy atom. The second kappa shape index (κ2) is 7.93. The number of anilines is 2. The molecule has 1 saturated carbocycles. The Kier molecular flexibility index (Phi) is 5.11. The van der Waals surface area contributed by atoms with Gasteiger partial charge in [0.25, 0.3) is 5.92 Å². The largest absolute Gasteiger partial charge is 0.457 e. The van der Waals surface area contributed by atoms with Gasteiger partial charge in [-0.1, -0.05) is 6.07 Å². The molecule has 2 aliphatic rings. The number of benzene rings is 2. The summed E-state index contributed by atoms with van der Waals surface area (Å²) in [7, 11) is -2.62. The van der Waals surface area contributed by atoms with Crippen molar-refractivity contribution in [2.24, 2.45) is 5.92 Å². The monoisotopic (exact) mass is 493 g/mol. The van der Waals surface area contributed by atoms with Crippen LogP contribution in [0, 0.1) is 28.6 Å². The van der Waals surface area contributed by atoms with Gasteiger partial charge in [0.15, 0.2) is 0 Å². The van der Waals surface area contributed by atoms with E-state index in [9.17, 15) is 22.5 Å². The van der Waals surface area contributed by atoms with Crippen LogP contribution in [0.1, 0.15) is 17.7 Å². The standard InChI is InChI=1S/C24H17F2N5O3S/c1-30-23-8-15(3-5-22(23)31(35(30,32)33)14-17-11-24(17,25)26)21-10-19(4-2-16(21)12-27)34-20-6-7-29-18(9-20)13-28/h2-10,17H,11,14H2,1H3. The van der Waals surface area contributed by atoms with E-state index in [2.05, 4.69) is 11.1 Å². The molecule has 1 atom stereocenters. The first-order valence-electron chi connectivity index (χ1n) is 10.5. The zero-order valence-corrected chi connectivity index (χ0v) is 19.1. The van der Waals surface area contributed by atoms with E-state index in [-0.39, 0.29) is 18.7 Å². The minimum Gasteiger partial charge on any atom is -0.457 e. The van der Waals surface area contributed by atoms with Gasteiger partial charge < -0.3 is 4.74 Å². The molecule has 1 fully saturated rings. The Hall–Kier alpha value is -4.22. The van der Waals surface area contributed by atoms with Crippen molar-refractivity contribution in [2.45, 2.75) is 12.3 Å². The number of nitrogens with zero attached hydrogens (tertiary/aromatic N) is 5. The molecule has 0 amide bonds. The van der Waals surface area contributed by atoms with E-state index in [0.717, 1.165) is 8.61 Å². The number of hydrogen-bond acceptors (Lipinski definition) is 6. The number of rotatable bonds is 5. The topological polar surface area (TPSA) is 110 Å². The van der Waals surface area contributed by atoms with Crippen molar-refractivity contribution in [1.29, 1.82) is 10.5 Å². The molecule has 1 aliphatic carbocycles. The Morgan fingerprint density at radius 2 is 1.83 bits per heavy atom. The maximum Gasteiger partial charge on any atom is 0.326 e. The lowest BCUT2D eigenvalue weighted by atomic mass is 9.99. The Labute approximate surface area is 200 Å². The first kappa shape index (κ1) is 22.6. The van der Waals surface area contributed by atoms with Crippen LogP contribution in [0.2, 0.25) is 0 Å². The summed E-state index contributed by atoms with van der Waals surface area (Å²) in [5.41, 5.74) is 2.22. The molecule has 0 bridgehead atoms. The van der Waals surface area contributed by atoms with Crippen molar-refractivity contribution in [3.8, 4) is 34.8 Å². The molecule has 8 nitrogen and oxygen atoms in total. The van der Waals surface area contributed by atoms with Crippen molar-refractivity contribution in [3.05, 3.63) is 66.0 Å². The van der Waals surface area contributed by atoms with E-state index in [1.165, 1.54) is 19.3 Å². The minimum atomic E-state index is -3.99. The van der Waals surface area contributed by atoms with Gasteiger partial charge in [0, 0.05) is 43.8 Å². The molecule has 176 valence electrons. The molecule has 35 heavy (non-hydrogen) atoms. The van der Waals surface area contributed by atoms with Crippen LogP contribution in [-0.2, 0) is 10.2 Å². The van der Waals surface area contributed by atoms with Crippen LogP contribution in [0.15, 0.2) is 54.7 Å². The average Bonchev–Trinajstić information content (AvgIpc) is 3.41. The fourth-order valence-corrected chi connectivity index (χ4v) is 5.47. The highest BCUT2D eigenvalue weighted by Crippen LogP contribution is 2.52. The highest BCUT2D eigenvalue weighted by molar-refractivity contribution is 7.94. The van der Waals surface area contributed by atoms with Gasteiger partial charge in [-0.15, -0.1) is 0 Å². The minimum absolute atomic E-state index is 0.188. The van der Waals surface area contributed by atoms with Crippen LogP contribution in [0.3, 0.4) is 0 Å². The lowest BCUT2D eigenvalue weighted by molar-refractivity contribution is 0.101. The van der Waals surface area contributed by atoms with E-state index in [1.54, 1.807) is 42.5 Å². The molecule has 0 spiro atoms. The first-order valence-corrected chi connectivity index (χ1v) is 11.9. The second-order valence-electron chi connectivity index (χ2n) is 8.28. The van der Waals surface area contributed by atoms with Crippen LogP contribution >= 0.6 is 0 Å². The van der Waals surface area contributed by atoms with E-state index in [4.69, 9.17) is 10.00 Å². The van der Waals surface area contributed by atoms with Gasteiger partial charge in [0.05, 0.1) is 23.0 Å². The number of pyridine rings is 1. The molecule has 0 radical (unpaired) electrons. The molecule has 2 aromatic carbocycles. The third kappa shape index (κ3) is 3.90. The van der Waals surface area contributed by atoms with Crippen LogP contribution in [0.25, 0.3) is 11.1 Å². The Morgan fingerprint density at radius 3 is 2.51 bits per heavy atom. The summed E-state index contributed by atoms with van der Waals surface area (Å²) in [6, 6.07) is 16.7. The molecule has 5 rings (SSSR count). The Balaban J connectivity index is 1.51. The number of fused-ring (bicyclic) bond motifs is 1. The number of alkyl halides is 2. The number of hydrogen-bond donors (Lipinski definition) is 0. The summed E-state index contributed by atoms with van der Waals surface area (Å²) in [5, 5.41) is 18.7. The summed E-state index contributed by atoms with van der Waals surface area (Å²) in [6.45, 7) is -0.296. The van der Waals surface area contributed by atoms with Gasteiger partial charge in [0.1, 0.15) is 23.3 Å². The van der Waals surface area contributed by atoms with Gasteiger partial charge in [0.2, 0.25) is 0 Å². The summed E-state index contributed by atoms with van der Waals surface area (Å²) >= 11 is 0. The van der Waals surface area contributed by atoms with E-state index in [1.807, 2.05) is 6.07 Å². The Bertz CT molecular complexity index is 1550. The van der Waals surface area contributed by atoms with E-state index >= 15 is 0 Å². The summed E-state index contributed by atoms with van der Waals surface area (Å²) < 4.78 is 60.7. The smallest absolute Gasteiger partial charge is 0.326 e. The van der Waals surface area contributed by atoms with Crippen molar-refractivity contribution >= 4 is 21.6 Å². The predicted octanol–water partition coefficient (Wildman–Crippen LogP) is 4.44. The zero-order chi connectivity index (χ0) is 25.0. The molecule has 3 aromatic rings. The summed E-state index contributed by atoms with van der Waals surface area (Å²) in [5.74, 6) is -3.07. The summed E-state index contributed by atoms with van der Waals surface area (Å²) in [4.78, 5) is 3.90. The predicted molar refractivity (Wildman–Crippen MR) is 123 cm³/mol. The van der Waals surface area contributed by atoms with E-state index in [0.29, 0.717) is 39.6 Å². The van der Waals surface area contributed by atoms with Gasteiger partial charge in [-0.2, -0.15) is 18.9 Å². The van der Waals surface area contributed by atoms with Crippen LogP contribution in [0.5, 0.6) is 11.5 Å². The number of nitriles is 2. The molecule has 2 heterocycles. The fourth-order valence-electron chi connectivity index (χ4n) is 4.01. The molecule has 1 aromatic heterocycles. The van der Waals surface area contributed by atoms with Crippen LogP contribution in [0.4, 0.5) is 20.2 Å². The van der Waals surface area contributed by atoms with Gasteiger partial charge in [-0.3, -0.25) is 8.61 Å². The molecule has 11 heteroatoms. The molecular weight excluding hydrogens is 476 g/mol. The molecule has 0 saturated heterocycles. The van der Waals surface area contributed by atoms with Crippen molar-refractivity contribution in [2.75, 3.05) is 22.2 Å². The van der Waals surface area contributed by atoms with Gasteiger partial charge in [-0.25, -0.2) is 13.8 Å². The lowest BCUT2D eigenvalue weighted by Gasteiger charge is -2.18. The van der Waals surface area contributed by atoms with Crippen LogP contribution < -0.4 is 13.3 Å².